The van der Waals surface area contributed by atoms with Crippen LogP contribution >= 0.6 is 11.3 Å². The van der Waals surface area contributed by atoms with Crippen molar-refractivity contribution >= 4 is 17.3 Å². The Morgan fingerprint density at radius 1 is 1.56 bits per heavy atom. The van der Waals surface area contributed by atoms with Gasteiger partial charge in [0, 0.05) is 9.75 Å². The Hall–Kier alpha value is -1.66. The van der Waals surface area contributed by atoms with Gasteiger partial charge in [-0.3, -0.25) is 0 Å². The third-order valence-electron chi connectivity index (χ3n) is 2.18. The minimum Gasteiger partial charge on any atom is -0.476 e. The van der Waals surface area contributed by atoms with E-state index in [9.17, 15) is 9.90 Å². The normalized spacial score (nSPS) is 12.6. The Morgan fingerprint density at radius 2 is 2.31 bits per heavy atom. The van der Waals surface area contributed by atoms with E-state index in [1.165, 1.54) is 17.7 Å². The van der Waals surface area contributed by atoms with Crippen molar-refractivity contribution < 1.29 is 15.0 Å². The van der Waals surface area contributed by atoms with Crippen LogP contribution in [0.1, 0.15) is 32.0 Å². The van der Waals surface area contributed by atoms with E-state index in [2.05, 4.69) is 9.97 Å². The molecule has 0 bridgehead atoms. The molecule has 0 radical (unpaired) electrons. The summed E-state index contributed by atoms with van der Waals surface area (Å²) in [6, 6.07) is 3.65. The molecule has 0 aliphatic heterocycles. The van der Waals surface area contributed by atoms with Gasteiger partial charge in [0.05, 0.1) is 12.0 Å². The number of imidazole rings is 1. The lowest BCUT2D eigenvalue weighted by Crippen LogP contribution is -2.07. The maximum Gasteiger partial charge on any atom is 0.356 e. The predicted octanol–water partition coefficient (Wildman–Crippen LogP) is 1.56. The number of carboxylic acid groups (broad SMARTS) is 1. The van der Waals surface area contributed by atoms with Crippen molar-refractivity contribution in [2.45, 2.75) is 13.0 Å². The van der Waals surface area contributed by atoms with E-state index in [1.54, 1.807) is 6.07 Å². The number of aromatic nitrogens is 2. The van der Waals surface area contributed by atoms with Gasteiger partial charge >= 0.3 is 5.97 Å². The Balaban J connectivity index is 2.37. The molecule has 1 unspecified atom stereocenters. The Morgan fingerprint density at radius 3 is 2.88 bits per heavy atom. The molecule has 5 nitrogen and oxygen atoms in total. The van der Waals surface area contributed by atoms with E-state index in [0.29, 0.717) is 4.88 Å². The second-order valence-electron chi connectivity index (χ2n) is 3.32. The molecule has 16 heavy (non-hydrogen) atoms. The number of aromatic amines is 1. The zero-order valence-corrected chi connectivity index (χ0v) is 9.28. The fourth-order valence-corrected chi connectivity index (χ4v) is 2.30. The SMILES string of the molecule is Cc1ccc(C(O)c2[nH]cnc2C(=O)O)s1. The first-order valence-corrected chi connectivity index (χ1v) is 5.42. The first-order valence-electron chi connectivity index (χ1n) is 4.60. The molecular weight excluding hydrogens is 228 g/mol. The number of thiophene rings is 1. The highest BCUT2D eigenvalue weighted by Gasteiger charge is 2.22. The van der Waals surface area contributed by atoms with Crippen LogP contribution in [0.5, 0.6) is 0 Å². The summed E-state index contributed by atoms with van der Waals surface area (Å²) in [4.78, 5) is 18.9. The lowest BCUT2D eigenvalue weighted by molar-refractivity contribution is 0.0685. The van der Waals surface area contributed by atoms with Crippen LogP contribution in [0.3, 0.4) is 0 Å². The monoisotopic (exact) mass is 238 g/mol. The topological polar surface area (TPSA) is 86.2 Å². The third-order valence-corrected chi connectivity index (χ3v) is 3.23. The zero-order valence-electron chi connectivity index (χ0n) is 8.47. The summed E-state index contributed by atoms with van der Waals surface area (Å²) in [7, 11) is 0. The highest BCUT2D eigenvalue weighted by Crippen LogP contribution is 2.28. The Kier molecular flexibility index (Phi) is 2.76. The fraction of sp³-hybridized carbons (Fsp3) is 0.200. The average molecular weight is 238 g/mol. The number of hydrogen-bond acceptors (Lipinski definition) is 4. The lowest BCUT2D eigenvalue weighted by Gasteiger charge is -2.06. The van der Waals surface area contributed by atoms with Crippen LogP contribution in [0.25, 0.3) is 0 Å². The molecule has 2 rings (SSSR count). The maximum atomic E-state index is 10.8. The predicted molar refractivity (Wildman–Crippen MR) is 58.7 cm³/mol. The number of aliphatic hydroxyl groups excluding tert-OH is 1. The molecule has 0 aliphatic rings. The number of aliphatic hydroxyl groups is 1. The molecule has 2 aromatic heterocycles. The number of nitrogens with zero attached hydrogens (tertiary/aromatic N) is 1. The fourth-order valence-electron chi connectivity index (χ4n) is 1.43. The summed E-state index contributed by atoms with van der Waals surface area (Å²) in [6.07, 6.45) is 0.301. The quantitative estimate of drug-likeness (QED) is 0.757. The average Bonchev–Trinajstić information content (AvgIpc) is 2.84. The molecule has 0 saturated carbocycles. The van der Waals surface area contributed by atoms with Gasteiger partial charge in [0.25, 0.3) is 0 Å². The van der Waals surface area contributed by atoms with Gasteiger partial charge < -0.3 is 15.2 Å². The Bertz CT molecular complexity index is 518. The van der Waals surface area contributed by atoms with Gasteiger partial charge in [-0.05, 0) is 19.1 Å². The molecule has 6 heteroatoms. The summed E-state index contributed by atoms with van der Waals surface area (Å²) in [6.45, 7) is 1.92. The van der Waals surface area contributed by atoms with Gasteiger partial charge in [0.2, 0.25) is 0 Å². The van der Waals surface area contributed by atoms with Crippen LogP contribution < -0.4 is 0 Å². The van der Waals surface area contributed by atoms with Crippen LogP contribution in [0, 0.1) is 6.92 Å². The molecule has 3 N–H and O–H groups in total. The van der Waals surface area contributed by atoms with Crippen molar-refractivity contribution in [3.63, 3.8) is 0 Å². The molecule has 2 heterocycles. The molecule has 0 aromatic carbocycles. The van der Waals surface area contributed by atoms with Crippen molar-refractivity contribution in [3.8, 4) is 0 Å². The van der Waals surface area contributed by atoms with E-state index >= 15 is 0 Å². The van der Waals surface area contributed by atoms with Gasteiger partial charge in [-0.2, -0.15) is 0 Å². The summed E-state index contributed by atoms with van der Waals surface area (Å²) in [5.41, 5.74) is 0.0768. The number of aromatic carboxylic acids is 1. The third kappa shape index (κ3) is 1.84. The highest BCUT2D eigenvalue weighted by molar-refractivity contribution is 7.12. The zero-order chi connectivity index (χ0) is 11.7. The first kappa shape index (κ1) is 10.8. The van der Waals surface area contributed by atoms with Crippen LogP contribution in [0.15, 0.2) is 18.5 Å². The molecule has 0 spiro atoms. The number of H-pyrrole nitrogens is 1. The molecule has 2 aromatic rings. The summed E-state index contributed by atoms with van der Waals surface area (Å²) in [5, 5.41) is 18.9. The van der Waals surface area contributed by atoms with Crippen LogP contribution in [-0.4, -0.2) is 26.2 Å². The second-order valence-corrected chi connectivity index (χ2v) is 4.64. The van der Waals surface area contributed by atoms with E-state index in [0.717, 1.165) is 4.88 Å². The maximum absolute atomic E-state index is 10.8. The first-order chi connectivity index (χ1) is 7.59. The van der Waals surface area contributed by atoms with Gasteiger partial charge in [0.15, 0.2) is 5.69 Å². The van der Waals surface area contributed by atoms with Crippen molar-refractivity contribution in [1.82, 2.24) is 9.97 Å². The molecule has 0 saturated heterocycles. The molecule has 1 atom stereocenters. The van der Waals surface area contributed by atoms with Crippen molar-refractivity contribution in [2.24, 2.45) is 0 Å². The van der Waals surface area contributed by atoms with Crippen molar-refractivity contribution in [2.75, 3.05) is 0 Å². The number of carbonyl (C=O) groups is 1. The van der Waals surface area contributed by atoms with Crippen molar-refractivity contribution in [1.29, 1.82) is 0 Å². The molecule has 0 fully saturated rings. The van der Waals surface area contributed by atoms with Crippen LogP contribution in [0.2, 0.25) is 0 Å². The Labute approximate surface area is 95.4 Å². The standard InChI is InChI=1S/C10H10N2O3S/c1-5-2-3-6(16-5)9(13)7-8(10(14)15)12-4-11-7/h2-4,9,13H,1H3,(H,11,12)(H,14,15). The second kappa shape index (κ2) is 4.07. The van der Waals surface area contributed by atoms with Crippen LogP contribution in [-0.2, 0) is 0 Å². The summed E-state index contributed by atoms with van der Waals surface area (Å²) in [5.74, 6) is -1.15. The molecule has 0 aliphatic carbocycles. The van der Waals surface area contributed by atoms with Gasteiger partial charge in [-0.25, -0.2) is 9.78 Å². The van der Waals surface area contributed by atoms with Crippen molar-refractivity contribution in [3.05, 3.63) is 39.6 Å². The van der Waals surface area contributed by atoms with E-state index < -0.39 is 12.1 Å². The van der Waals surface area contributed by atoms with Crippen LogP contribution in [0.4, 0.5) is 0 Å². The highest BCUT2D eigenvalue weighted by atomic mass is 32.1. The minimum atomic E-state index is -1.15. The number of hydrogen-bond donors (Lipinski definition) is 3. The van der Waals surface area contributed by atoms with E-state index in [1.807, 2.05) is 13.0 Å². The number of aryl methyl sites for hydroxylation is 1. The number of nitrogens with one attached hydrogen (secondary N) is 1. The summed E-state index contributed by atoms with van der Waals surface area (Å²) >= 11 is 1.42. The smallest absolute Gasteiger partial charge is 0.356 e. The minimum absolute atomic E-state index is 0.140. The molecule has 0 amide bonds. The van der Waals surface area contributed by atoms with E-state index in [-0.39, 0.29) is 11.4 Å². The van der Waals surface area contributed by atoms with Gasteiger partial charge in [-0.15, -0.1) is 11.3 Å². The molecule has 84 valence electrons. The summed E-state index contributed by atoms with van der Waals surface area (Å²) < 4.78 is 0. The molecular formula is C10H10N2O3S. The number of carboxylic acids is 1. The van der Waals surface area contributed by atoms with Gasteiger partial charge in [-0.1, -0.05) is 0 Å². The largest absolute Gasteiger partial charge is 0.476 e. The van der Waals surface area contributed by atoms with E-state index in [4.69, 9.17) is 5.11 Å². The van der Waals surface area contributed by atoms with Gasteiger partial charge in [0.1, 0.15) is 6.10 Å². The lowest BCUT2D eigenvalue weighted by atomic mass is 10.2. The number of rotatable bonds is 3.